The number of amidine groups is 1. The minimum Gasteiger partial charge on any atom is -0.384 e. The zero-order valence-electron chi connectivity index (χ0n) is 11.9. The number of likely N-dealkylation sites (N-methyl/N-ethyl adjacent to an activating group) is 1. The van der Waals surface area contributed by atoms with Crippen molar-refractivity contribution in [2.75, 3.05) is 26.7 Å². The van der Waals surface area contributed by atoms with Crippen LogP contribution in [0.15, 0.2) is 24.3 Å². The Hall–Kier alpha value is -1.39. The molecule has 1 unspecified atom stereocenters. The Kier molecular flexibility index (Phi) is 4.56. The van der Waals surface area contributed by atoms with Crippen LogP contribution in [-0.2, 0) is 6.54 Å². The summed E-state index contributed by atoms with van der Waals surface area (Å²) in [4.78, 5) is 4.91. The Morgan fingerprint density at radius 1 is 1.37 bits per heavy atom. The zero-order chi connectivity index (χ0) is 13.8. The monoisotopic (exact) mass is 260 g/mol. The van der Waals surface area contributed by atoms with Gasteiger partial charge in [-0.2, -0.15) is 0 Å². The first-order valence-electron chi connectivity index (χ1n) is 6.96. The molecular formula is C15H24N4. The zero-order valence-corrected chi connectivity index (χ0v) is 11.9. The van der Waals surface area contributed by atoms with Crippen LogP contribution < -0.4 is 5.73 Å². The van der Waals surface area contributed by atoms with Crippen molar-refractivity contribution in [3.8, 4) is 0 Å². The lowest BCUT2D eigenvalue weighted by Crippen LogP contribution is -2.50. The fraction of sp³-hybridized carbons (Fsp3) is 0.533. The maximum absolute atomic E-state index is 7.65. The summed E-state index contributed by atoms with van der Waals surface area (Å²) in [6.45, 7) is 6.42. The van der Waals surface area contributed by atoms with Crippen molar-refractivity contribution in [1.29, 1.82) is 5.41 Å². The van der Waals surface area contributed by atoms with Crippen LogP contribution >= 0.6 is 0 Å². The molecular weight excluding hydrogens is 236 g/mol. The van der Waals surface area contributed by atoms with Gasteiger partial charge in [-0.1, -0.05) is 31.2 Å². The molecule has 1 saturated heterocycles. The average Bonchev–Trinajstić information content (AvgIpc) is 2.41. The highest BCUT2D eigenvalue weighted by atomic mass is 15.3. The molecule has 104 valence electrons. The molecule has 0 amide bonds. The third kappa shape index (κ3) is 3.33. The van der Waals surface area contributed by atoms with E-state index in [9.17, 15) is 0 Å². The fourth-order valence-corrected chi connectivity index (χ4v) is 2.76. The Balaban J connectivity index is 2.07. The molecule has 2 rings (SSSR count). The summed E-state index contributed by atoms with van der Waals surface area (Å²) in [5.41, 5.74) is 7.68. The van der Waals surface area contributed by atoms with Crippen molar-refractivity contribution in [3.05, 3.63) is 35.4 Å². The normalized spacial score (nSPS) is 21.5. The van der Waals surface area contributed by atoms with Crippen LogP contribution in [0.4, 0.5) is 0 Å². The van der Waals surface area contributed by atoms with Crippen molar-refractivity contribution >= 4 is 5.84 Å². The molecule has 1 heterocycles. The van der Waals surface area contributed by atoms with Crippen LogP contribution in [0.3, 0.4) is 0 Å². The van der Waals surface area contributed by atoms with Gasteiger partial charge in [0, 0.05) is 37.8 Å². The largest absolute Gasteiger partial charge is 0.384 e. The summed E-state index contributed by atoms with van der Waals surface area (Å²) >= 11 is 0. The number of benzene rings is 1. The van der Waals surface area contributed by atoms with Gasteiger partial charge in [0.25, 0.3) is 0 Å². The molecule has 0 aromatic heterocycles. The lowest BCUT2D eigenvalue weighted by molar-refractivity contribution is 0.0883. The van der Waals surface area contributed by atoms with E-state index in [0.29, 0.717) is 6.04 Å². The van der Waals surface area contributed by atoms with Crippen molar-refractivity contribution in [2.24, 2.45) is 5.73 Å². The van der Waals surface area contributed by atoms with Gasteiger partial charge in [-0.05, 0) is 19.0 Å². The molecule has 0 radical (unpaired) electrons. The Bertz CT molecular complexity index is 444. The summed E-state index contributed by atoms with van der Waals surface area (Å²) in [5.74, 6) is 0.164. The van der Waals surface area contributed by atoms with Crippen LogP contribution in [0, 0.1) is 5.41 Å². The highest BCUT2D eigenvalue weighted by molar-refractivity contribution is 5.96. The Morgan fingerprint density at radius 3 is 2.79 bits per heavy atom. The van der Waals surface area contributed by atoms with Crippen molar-refractivity contribution in [2.45, 2.75) is 25.9 Å². The summed E-state index contributed by atoms with van der Waals surface area (Å²) < 4.78 is 0. The molecule has 1 aromatic carbocycles. The van der Waals surface area contributed by atoms with E-state index in [1.54, 1.807) is 0 Å². The SMILES string of the molecule is CCC1CN(Cc2ccccc2C(=N)N)CCN1C. The van der Waals surface area contributed by atoms with E-state index in [2.05, 4.69) is 29.8 Å². The molecule has 0 bridgehead atoms. The lowest BCUT2D eigenvalue weighted by atomic mass is 10.0. The number of hydrogen-bond acceptors (Lipinski definition) is 3. The van der Waals surface area contributed by atoms with Crippen LogP contribution in [-0.4, -0.2) is 48.4 Å². The van der Waals surface area contributed by atoms with Crippen LogP contribution in [0.5, 0.6) is 0 Å². The van der Waals surface area contributed by atoms with E-state index in [4.69, 9.17) is 11.1 Å². The summed E-state index contributed by atoms with van der Waals surface area (Å²) in [5, 5.41) is 7.65. The molecule has 1 atom stereocenters. The van der Waals surface area contributed by atoms with Crippen LogP contribution in [0.25, 0.3) is 0 Å². The van der Waals surface area contributed by atoms with E-state index >= 15 is 0 Å². The molecule has 19 heavy (non-hydrogen) atoms. The third-order valence-corrected chi connectivity index (χ3v) is 4.03. The van der Waals surface area contributed by atoms with Gasteiger partial charge >= 0.3 is 0 Å². The molecule has 0 saturated carbocycles. The van der Waals surface area contributed by atoms with Gasteiger partial charge in [-0.3, -0.25) is 10.3 Å². The Morgan fingerprint density at radius 2 is 2.11 bits per heavy atom. The highest BCUT2D eigenvalue weighted by Gasteiger charge is 2.23. The maximum Gasteiger partial charge on any atom is 0.123 e. The quantitative estimate of drug-likeness (QED) is 0.637. The summed E-state index contributed by atoms with van der Waals surface area (Å²) in [6, 6.07) is 8.62. The second-order valence-electron chi connectivity index (χ2n) is 5.35. The first-order chi connectivity index (χ1) is 9.11. The van der Waals surface area contributed by atoms with Crippen molar-refractivity contribution < 1.29 is 0 Å². The second kappa shape index (κ2) is 6.17. The van der Waals surface area contributed by atoms with Crippen molar-refractivity contribution in [3.63, 3.8) is 0 Å². The van der Waals surface area contributed by atoms with E-state index in [0.717, 1.165) is 37.3 Å². The van der Waals surface area contributed by atoms with Crippen molar-refractivity contribution in [1.82, 2.24) is 9.80 Å². The number of nitrogen functional groups attached to an aromatic ring is 1. The first kappa shape index (κ1) is 14.0. The molecule has 1 aliphatic heterocycles. The van der Waals surface area contributed by atoms with Crippen LogP contribution in [0.2, 0.25) is 0 Å². The van der Waals surface area contributed by atoms with Gasteiger partial charge in [0.15, 0.2) is 0 Å². The molecule has 0 aliphatic carbocycles. The average molecular weight is 260 g/mol. The molecule has 1 aromatic rings. The number of nitrogens with one attached hydrogen (secondary N) is 1. The summed E-state index contributed by atoms with van der Waals surface area (Å²) in [7, 11) is 2.20. The van der Waals surface area contributed by atoms with E-state index in [-0.39, 0.29) is 5.84 Å². The molecule has 1 aliphatic rings. The van der Waals surface area contributed by atoms with E-state index in [1.807, 2.05) is 18.2 Å². The standard InChI is InChI=1S/C15H24N4/c1-3-13-11-19(9-8-18(13)2)10-12-6-4-5-7-14(12)15(16)17/h4-7,13H,3,8-11H2,1-2H3,(H3,16,17). The minimum absolute atomic E-state index is 0.164. The molecule has 3 N–H and O–H groups in total. The van der Waals surface area contributed by atoms with Gasteiger partial charge in [-0.25, -0.2) is 0 Å². The number of nitrogens with two attached hydrogens (primary N) is 1. The number of piperazine rings is 1. The maximum atomic E-state index is 7.65. The molecule has 4 nitrogen and oxygen atoms in total. The predicted molar refractivity (Wildman–Crippen MR) is 79.4 cm³/mol. The predicted octanol–water partition coefficient (Wildman–Crippen LogP) is 1.50. The minimum atomic E-state index is 0.164. The number of rotatable bonds is 4. The molecule has 4 heteroatoms. The van der Waals surface area contributed by atoms with Gasteiger partial charge in [0.2, 0.25) is 0 Å². The molecule has 1 fully saturated rings. The number of hydrogen-bond donors (Lipinski definition) is 2. The Labute approximate surface area is 115 Å². The van der Waals surface area contributed by atoms with Gasteiger partial charge in [0.05, 0.1) is 0 Å². The topological polar surface area (TPSA) is 56.4 Å². The molecule has 0 spiro atoms. The van der Waals surface area contributed by atoms with Gasteiger partial charge < -0.3 is 10.6 Å². The van der Waals surface area contributed by atoms with Gasteiger partial charge in [-0.15, -0.1) is 0 Å². The highest BCUT2D eigenvalue weighted by Crippen LogP contribution is 2.16. The third-order valence-electron chi connectivity index (χ3n) is 4.03. The van der Waals surface area contributed by atoms with Crippen LogP contribution in [0.1, 0.15) is 24.5 Å². The van der Waals surface area contributed by atoms with Gasteiger partial charge in [0.1, 0.15) is 5.84 Å². The lowest BCUT2D eigenvalue weighted by Gasteiger charge is -2.39. The van der Waals surface area contributed by atoms with E-state index < -0.39 is 0 Å². The fourth-order valence-electron chi connectivity index (χ4n) is 2.76. The first-order valence-corrected chi connectivity index (χ1v) is 6.96. The van der Waals surface area contributed by atoms with E-state index in [1.165, 1.54) is 6.42 Å². The number of nitrogens with zero attached hydrogens (tertiary/aromatic N) is 2. The summed E-state index contributed by atoms with van der Waals surface area (Å²) in [6.07, 6.45) is 1.18. The second-order valence-corrected chi connectivity index (χ2v) is 5.35. The smallest absolute Gasteiger partial charge is 0.123 e.